The number of urea groups is 1. The van der Waals surface area contributed by atoms with Gasteiger partial charge < -0.3 is 15.3 Å². The van der Waals surface area contributed by atoms with Gasteiger partial charge in [-0.1, -0.05) is 6.42 Å². The van der Waals surface area contributed by atoms with Gasteiger partial charge in [0.25, 0.3) is 0 Å². The summed E-state index contributed by atoms with van der Waals surface area (Å²) in [5.74, 6) is -0.785. The summed E-state index contributed by atoms with van der Waals surface area (Å²) < 4.78 is 0. The first-order valence-electron chi connectivity index (χ1n) is 8.10. The number of carbonyl (C=O) groups excluding carboxylic acids is 1. The third-order valence-corrected chi connectivity index (χ3v) is 5.09. The first-order valence-corrected chi connectivity index (χ1v) is 8.10. The van der Waals surface area contributed by atoms with Crippen molar-refractivity contribution in [2.45, 2.75) is 57.2 Å². The molecule has 1 aliphatic carbocycles. The molecule has 2 saturated heterocycles. The van der Waals surface area contributed by atoms with Crippen molar-refractivity contribution < 1.29 is 14.7 Å². The van der Waals surface area contributed by atoms with Gasteiger partial charge in [-0.2, -0.15) is 0 Å². The van der Waals surface area contributed by atoms with Crippen LogP contribution in [0.15, 0.2) is 0 Å². The van der Waals surface area contributed by atoms with Crippen LogP contribution in [0, 0.1) is 5.92 Å². The minimum absolute atomic E-state index is 0.123. The van der Waals surface area contributed by atoms with Crippen molar-refractivity contribution >= 4 is 12.0 Å². The van der Waals surface area contributed by atoms with Crippen LogP contribution in [0.4, 0.5) is 4.79 Å². The Morgan fingerprint density at radius 1 is 1.19 bits per heavy atom. The first kappa shape index (κ1) is 14.6. The highest BCUT2D eigenvalue weighted by molar-refractivity contribution is 5.83. The maximum atomic E-state index is 12.5. The molecule has 2 heterocycles. The quantitative estimate of drug-likeness (QED) is 0.818. The first-order chi connectivity index (χ1) is 10.1. The molecule has 0 aromatic carbocycles. The summed E-state index contributed by atoms with van der Waals surface area (Å²) in [6.45, 7) is 4.81. The van der Waals surface area contributed by atoms with E-state index >= 15 is 0 Å². The largest absolute Gasteiger partial charge is 0.480 e. The fourth-order valence-electron chi connectivity index (χ4n) is 3.66. The normalized spacial score (nSPS) is 31.4. The topological polar surface area (TPSA) is 72.9 Å². The number of nitrogens with one attached hydrogen (secondary N) is 1. The molecule has 2 amide bonds. The number of carboxylic acid groups (broad SMARTS) is 1. The summed E-state index contributed by atoms with van der Waals surface area (Å²) in [5, 5.41) is 12.0. The Morgan fingerprint density at radius 3 is 2.62 bits per heavy atom. The van der Waals surface area contributed by atoms with Crippen LogP contribution in [-0.4, -0.2) is 64.7 Å². The molecule has 3 aliphatic rings. The smallest absolute Gasteiger partial charge is 0.326 e. The molecule has 3 atom stereocenters. The third kappa shape index (κ3) is 3.15. The standard InChI is InChI=1S/C15H25N3O3/c1-10-8-17-7-3-2-4-12(17)9-18(10)15(21)16-13(14(19)20)11-5-6-11/h10-13H,2-9H2,1H3,(H,16,21)(H,19,20). The van der Waals surface area contributed by atoms with E-state index in [4.69, 9.17) is 0 Å². The van der Waals surface area contributed by atoms with E-state index in [-0.39, 0.29) is 18.0 Å². The molecule has 2 aliphatic heterocycles. The van der Waals surface area contributed by atoms with Crippen LogP contribution in [0.1, 0.15) is 39.0 Å². The Hall–Kier alpha value is -1.30. The van der Waals surface area contributed by atoms with Crippen LogP contribution in [0.3, 0.4) is 0 Å². The number of aliphatic carboxylic acids is 1. The van der Waals surface area contributed by atoms with Crippen molar-refractivity contribution in [1.82, 2.24) is 15.1 Å². The summed E-state index contributed by atoms with van der Waals surface area (Å²) in [6.07, 6.45) is 5.43. The molecule has 118 valence electrons. The number of rotatable bonds is 3. The maximum absolute atomic E-state index is 12.5. The van der Waals surface area contributed by atoms with Crippen LogP contribution in [0.5, 0.6) is 0 Å². The Labute approximate surface area is 125 Å². The molecule has 6 nitrogen and oxygen atoms in total. The van der Waals surface area contributed by atoms with Crippen molar-refractivity contribution in [2.75, 3.05) is 19.6 Å². The summed E-state index contributed by atoms with van der Waals surface area (Å²) >= 11 is 0. The number of piperidine rings is 1. The number of carbonyl (C=O) groups is 2. The zero-order valence-electron chi connectivity index (χ0n) is 12.6. The lowest BCUT2D eigenvalue weighted by molar-refractivity contribution is -0.139. The monoisotopic (exact) mass is 295 g/mol. The Balaban J connectivity index is 1.62. The van der Waals surface area contributed by atoms with Crippen molar-refractivity contribution in [3.63, 3.8) is 0 Å². The van der Waals surface area contributed by atoms with Gasteiger partial charge in [0.15, 0.2) is 0 Å². The summed E-state index contributed by atoms with van der Waals surface area (Å²) in [6, 6.07) is -0.320. The van der Waals surface area contributed by atoms with Gasteiger partial charge in [-0.15, -0.1) is 0 Å². The maximum Gasteiger partial charge on any atom is 0.326 e. The molecule has 6 heteroatoms. The number of amides is 2. The summed E-state index contributed by atoms with van der Waals surface area (Å²) in [4.78, 5) is 28.0. The van der Waals surface area contributed by atoms with Crippen LogP contribution < -0.4 is 5.32 Å². The number of hydrogen-bond acceptors (Lipinski definition) is 3. The minimum Gasteiger partial charge on any atom is -0.480 e. The van der Waals surface area contributed by atoms with E-state index in [1.807, 2.05) is 4.90 Å². The predicted octanol–water partition coefficient (Wildman–Crippen LogP) is 1.12. The zero-order valence-corrected chi connectivity index (χ0v) is 12.6. The highest BCUT2D eigenvalue weighted by Crippen LogP contribution is 2.33. The average Bonchev–Trinajstić information content (AvgIpc) is 3.27. The van der Waals surface area contributed by atoms with Gasteiger partial charge >= 0.3 is 12.0 Å². The highest BCUT2D eigenvalue weighted by atomic mass is 16.4. The Kier molecular flexibility index (Phi) is 4.06. The molecule has 0 spiro atoms. The minimum atomic E-state index is -0.908. The molecule has 1 saturated carbocycles. The molecule has 21 heavy (non-hydrogen) atoms. The molecule has 0 bridgehead atoms. The van der Waals surface area contributed by atoms with Gasteiger partial charge in [-0.25, -0.2) is 9.59 Å². The van der Waals surface area contributed by atoms with Gasteiger partial charge in [0.2, 0.25) is 0 Å². The average molecular weight is 295 g/mol. The van der Waals surface area contributed by atoms with Crippen LogP contribution in [0.25, 0.3) is 0 Å². The highest BCUT2D eigenvalue weighted by Gasteiger charge is 2.40. The van der Waals surface area contributed by atoms with Gasteiger partial charge in [0.05, 0.1) is 0 Å². The van der Waals surface area contributed by atoms with E-state index in [0.29, 0.717) is 6.04 Å². The molecule has 0 aromatic heterocycles. The van der Waals surface area contributed by atoms with Gasteiger partial charge in [0, 0.05) is 25.2 Å². The predicted molar refractivity (Wildman–Crippen MR) is 78.1 cm³/mol. The van der Waals surface area contributed by atoms with E-state index in [0.717, 1.165) is 38.9 Å². The fraction of sp³-hybridized carbons (Fsp3) is 0.867. The number of fused-ring (bicyclic) bond motifs is 1. The van der Waals surface area contributed by atoms with E-state index in [1.54, 1.807) is 0 Å². The van der Waals surface area contributed by atoms with Crippen LogP contribution in [-0.2, 0) is 4.79 Å². The number of piperazine rings is 1. The van der Waals surface area contributed by atoms with Crippen LogP contribution in [0.2, 0.25) is 0 Å². The Bertz CT molecular complexity index is 424. The summed E-state index contributed by atoms with van der Waals surface area (Å²) in [5.41, 5.74) is 0. The lowest BCUT2D eigenvalue weighted by atomic mass is 9.97. The van der Waals surface area contributed by atoms with E-state index in [1.165, 1.54) is 12.8 Å². The second kappa shape index (κ2) is 5.83. The van der Waals surface area contributed by atoms with Crippen molar-refractivity contribution in [3.05, 3.63) is 0 Å². The SMILES string of the molecule is CC1CN2CCCCC2CN1C(=O)NC(C(=O)O)C1CC1. The Morgan fingerprint density at radius 2 is 1.95 bits per heavy atom. The van der Waals surface area contributed by atoms with Crippen molar-refractivity contribution in [2.24, 2.45) is 5.92 Å². The molecule has 3 unspecified atom stereocenters. The summed E-state index contributed by atoms with van der Waals surface area (Å²) in [7, 11) is 0. The lowest BCUT2D eigenvalue weighted by Gasteiger charge is -2.47. The van der Waals surface area contributed by atoms with E-state index in [9.17, 15) is 14.7 Å². The molecule has 0 radical (unpaired) electrons. The van der Waals surface area contributed by atoms with E-state index < -0.39 is 12.0 Å². The second-order valence-corrected chi connectivity index (χ2v) is 6.75. The fourth-order valence-corrected chi connectivity index (χ4v) is 3.66. The number of hydrogen-bond donors (Lipinski definition) is 2. The third-order valence-electron chi connectivity index (χ3n) is 5.09. The molecular weight excluding hydrogens is 270 g/mol. The van der Waals surface area contributed by atoms with Gasteiger partial charge in [-0.05, 0) is 45.1 Å². The van der Waals surface area contributed by atoms with Gasteiger partial charge in [-0.3, -0.25) is 4.90 Å². The molecule has 2 N–H and O–H groups in total. The molecule has 3 fully saturated rings. The second-order valence-electron chi connectivity index (χ2n) is 6.75. The number of nitrogens with zero attached hydrogens (tertiary/aromatic N) is 2. The lowest BCUT2D eigenvalue weighted by Crippen LogP contribution is -2.63. The van der Waals surface area contributed by atoms with Gasteiger partial charge in [0.1, 0.15) is 6.04 Å². The van der Waals surface area contributed by atoms with Crippen molar-refractivity contribution in [1.29, 1.82) is 0 Å². The molecule has 0 aromatic rings. The molecule has 3 rings (SSSR count). The van der Waals surface area contributed by atoms with Crippen molar-refractivity contribution in [3.8, 4) is 0 Å². The number of carboxylic acids is 1. The zero-order chi connectivity index (χ0) is 15.0. The molecular formula is C15H25N3O3. The van der Waals surface area contributed by atoms with Crippen LogP contribution >= 0.6 is 0 Å². The van der Waals surface area contributed by atoms with E-state index in [2.05, 4.69) is 17.1 Å².